The first-order valence-electron chi connectivity index (χ1n) is 6.99. The van der Waals surface area contributed by atoms with Gasteiger partial charge >= 0.3 is 6.09 Å². The molecule has 2 N–H and O–H groups in total. The first-order chi connectivity index (χ1) is 11.2. The molecule has 1 unspecified atom stereocenters. The van der Waals surface area contributed by atoms with Crippen LogP contribution in [-0.2, 0) is 14.3 Å². The molecule has 23 heavy (non-hydrogen) atoms. The van der Waals surface area contributed by atoms with Gasteiger partial charge in [0.05, 0.1) is 13.2 Å². The molecule has 7 nitrogen and oxygen atoms in total. The molecule has 9 heteroatoms. The fraction of sp³-hybridized carbons (Fsp3) is 0.429. The van der Waals surface area contributed by atoms with Crippen LogP contribution in [0.5, 0.6) is 0 Å². The number of cyclic esters (lactones) is 1. The predicted molar refractivity (Wildman–Crippen MR) is 88.0 cm³/mol. The normalized spacial score (nSPS) is 20.9. The van der Waals surface area contributed by atoms with Gasteiger partial charge in [-0.25, -0.2) is 4.79 Å². The zero-order valence-corrected chi connectivity index (χ0v) is 13.8. The van der Waals surface area contributed by atoms with Gasteiger partial charge in [0.1, 0.15) is 12.7 Å². The molecule has 2 saturated heterocycles. The van der Waals surface area contributed by atoms with Crippen LogP contribution in [0.25, 0.3) is 0 Å². The summed E-state index contributed by atoms with van der Waals surface area (Å²) in [6.45, 7) is 1.94. The van der Waals surface area contributed by atoms with Crippen molar-refractivity contribution in [3.05, 3.63) is 24.3 Å². The summed E-state index contributed by atoms with van der Waals surface area (Å²) in [4.78, 5) is 26.7. The van der Waals surface area contributed by atoms with Crippen molar-refractivity contribution < 1.29 is 19.1 Å². The lowest BCUT2D eigenvalue weighted by atomic mass is 10.2. The number of morpholine rings is 1. The van der Waals surface area contributed by atoms with Gasteiger partial charge < -0.3 is 20.1 Å². The number of ether oxygens (including phenoxy) is 2. The fourth-order valence-corrected chi connectivity index (χ4v) is 2.46. The number of carbonyl (C=O) groups is 2. The van der Waals surface area contributed by atoms with Crippen molar-refractivity contribution in [2.24, 2.45) is 5.73 Å². The zero-order chi connectivity index (χ0) is 16.8. The molecule has 0 aromatic heterocycles. The molecular weight excluding hydrogens is 345 g/mol. The third kappa shape index (κ3) is 4.06. The molecule has 0 aliphatic carbocycles. The SMILES string of the molecule is ClCl.NCC1CN(c2ccc(N3CCOCC3=O)cc2)C(=O)O1. The molecule has 1 aromatic carbocycles. The molecule has 0 radical (unpaired) electrons. The molecule has 3 rings (SSSR count). The predicted octanol–water partition coefficient (Wildman–Crippen LogP) is 1.71. The van der Waals surface area contributed by atoms with Gasteiger partial charge in [-0.3, -0.25) is 9.69 Å². The molecule has 2 aliphatic rings. The summed E-state index contributed by atoms with van der Waals surface area (Å²) in [6, 6.07) is 7.25. The third-order valence-corrected chi connectivity index (χ3v) is 3.60. The van der Waals surface area contributed by atoms with E-state index in [0.29, 0.717) is 26.2 Å². The first kappa shape index (κ1) is 17.8. The van der Waals surface area contributed by atoms with Crippen molar-refractivity contribution in [2.45, 2.75) is 6.10 Å². The Bertz CT molecular complexity index is 555. The third-order valence-electron chi connectivity index (χ3n) is 3.60. The number of halogens is 2. The number of nitrogens with two attached hydrogens (primary N) is 1. The van der Waals surface area contributed by atoms with Gasteiger partial charge in [-0.2, -0.15) is 0 Å². The molecule has 0 spiro atoms. The van der Waals surface area contributed by atoms with Crippen LogP contribution in [0.3, 0.4) is 0 Å². The number of hydrogen-bond donors (Lipinski definition) is 1. The van der Waals surface area contributed by atoms with E-state index >= 15 is 0 Å². The Kier molecular flexibility index (Phi) is 6.47. The van der Waals surface area contributed by atoms with E-state index in [9.17, 15) is 9.59 Å². The second kappa shape index (κ2) is 8.35. The van der Waals surface area contributed by atoms with Gasteiger partial charge in [-0.1, -0.05) is 0 Å². The van der Waals surface area contributed by atoms with E-state index in [0.717, 1.165) is 11.4 Å². The van der Waals surface area contributed by atoms with Gasteiger partial charge in [0.25, 0.3) is 5.91 Å². The maximum atomic E-state index is 11.8. The van der Waals surface area contributed by atoms with E-state index in [2.05, 4.69) is 21.7 Å². The Morgan fingerprint density at radius 1 is 1.13 bits per heavy atom. The molecule has 0 saturated carbocycles. The quantitative estimate of drug-likeness (QED) is 0.885. The summed E-state index contributed by atoms with van der Waals surface area (Å²) in [5.41, 5.74) is 7.05. The average molecular weight is 362 g/mol. The number of anilines is 2. The Balaban J connectivity index is 0.000000924. The topological polar surface area (TPSA) is 85.1 Å². The van der Waals surface area contributed by atoms with E-state index < -0.39 is 0 Å². The van der Waals surface area contributed by atoms with Crippen LogP contribution in [0.15, 0.2) is 24.3 Å². The molecule has 1 aromatic rings. The number of nitrogens with zero attached hydrogens (tertiary/aromatic N) is 2. The average Bonchev–Trinajstić information content (AvgIpc) is 2.98. The van der Waals surface area contributed by atoms with Gasteiger partial charge in [0, 0.05) is 46.2 Å². The number of benzene rings is 1. The van der Waals surface area contributed by atoms with Gasteiger partial charge in [0.2, 0.25) is 0 Å². The van der Waals surface area contributed by atoms with Gasteiger partial charge in [-0.05, 0) is 24.3 Å². The van der Waals surface area contributed by atoms with Crippen LogP contribution in [0.2, 0.25) is 0 Å². The summed E-state index contributed by atoms with van der Waals surface area (Å²) >= 11 is 0. The van der Waals surface area contributed by atoms with Crippen molar-refractivity contribution in [3.8, 4) is 0 Å². The van der Waals surface area contributed by atoms with E-state index in [-0.39, 0.29) is 24.7 Å². The lowest BCUT2D eigenvalue weighted by Crippen LogP contribution is -2.41. The smallest absolute Gasteiger partial charge is 0.414 e. The summed E-state index contributed by atoms with van der Waals surface area (Å²) in [5, 5.41) is 0. The molecule has 1 atom stereocenters. The van der Waals surface area contributed by atoms with Crippen molar-refractivity contribution in [1.82, 2.24) is 0 Å². The van der Waals surface area contributed by atoms with Crippen LogP contribution in [0, 0.1) is 0 Å². The molecule has 2 amide bonds. The summed E-state index contributed by atoms with van der Waals surface area (Å²) in [5.74, 6) is -0.0576. The molecule has 126 valence electrons. The van der Waals surface area contributed by atoms with E-state index in [1.54, 1.807) is 21.9 Å². The number of amides is 2. The van der Waals surface area contributed by atoms with Crippen LogP contribution in [0.1, 0.15) is 0 Å². The Hall–Kier alpha value is -1.54. The number of carbonyl (C=O) groups excluding carboxylic acids is 2. The Morgan fingerprint density at radius 2 is 1.74 bits per heavy atom. The van der Waals surface area contributed by atoms with Gasteiger partial charge in [0.15, 0.2) is 0 Å². The second-order valence-electron chi connectivity index (χ2n) is 4.97. The molecular formula is C14H17Cl2N3O4. The lowest BCUT2D eigenvalue weighted by Gasteiger charge is -2.27. The largest absolute Gasteiger partial charge is 0.443 e. The van der Waals surface area contributed by atoms with Crippen LogP contribution in [-0.4, -0.2) is 51.0 Å². The second-order valence-corrected chi connectivity index (χ2v) is 4.97. The van der Waals surface area contributed by atoms with Crippen molar-refractivity contribution >= 4 is 45.1 Å². The summed E-state index contributed by atoms with van der Waals surface area (Å²) in [7, 11) is 8.22. The maximum absolute atomic E-state index is 11.8. The number of hydrogen-bond acceptors (Lipinski definition) is 5. The standard InChI is InChI=1S/C14H17N3O4.Cl2/c15-7-12-8-17(14(19)21-12)11-3-1-10(2-4-11)16-5-6-20-9-13(16)18;1-2/h1-4,12H,5-9,15H2;. The molecule has 2 heterocycles. The highest BCUT2D eigenvalue weighted by molar-refractivity contribution is 6.85. The van der Waals surface area contributed by atoms with Crippen molar-refractivity contribution in [3.63, 3.8) is 0 Å². The first-order valence-corrected chi connectivity index (χ1v) is 8.14. The van der Waals surface area contributed by atoms with Crippen molar-refractivity contribution in [1.29, 1.82) is 0 Å². The molecule has 2 aliphatic heterocycles. The summed E-state index contributed by atoms with van der Waals surface area (Å²) < 4.78 is 10.2. The highest BCUT2D eigenvalue weighted by Gasteiger charge is 2.31. The van der Waals surface area contributed by atoms with Crippen molar-refractivity contribution in [2.75, 3.05) is 42.6 Å². The zero-order valence-electron chi connectivity index (χ0n) is 12.3. The monoisotopic (exact) mass is 361 g/mol. The maximum Gasteiger partial charge on any atom is 0.414 e. The highest BCUT2D eigenvalue weighted by Crippen LogP contribution is 2.25. The minimum atomic E-state index is -0.388. The Labute approximate surface area is 143 Å². The lowest BCUT2D eigenvalue weighted by molar-refractivity contribution is -0.125. The fourth-order valence-electron chi connectivity index (χ4n) is 2.46. The van der Waals surface area contributed by atoms with Crippen LogP contribution < -0.4 is 15.5 Å². The Morgan fingerprint density at radius 3 is 2.26 bits per heavy atom. The minimum Gasteiger partial charge on any atom is -0.443 e. The van der Waals surface area contributed by atoms with E-state index in [1.807, 2.05) is 12.1 Å². The van der Waals surface area contributed by atoms with E-state index in [1.165, 1.54) is 0 Å². The van der Waals surface area contributed by atoms with Gasteiger partial charge in [-0.15, -0.1) is 0 Å². The number of rotatable bonds is 3. The molecule has 0 bridgehead atoms. The van der Waals surface area contributed by atoms with E-state index in [4.69, 9.17) is 15.2 Å². The van der Waals surface area contributed by atoms with Crippen LogP contribution in [0.4, 0.5) is 16.2 Å². The molecule has 2 fully saturated rings. The van der Waals surface area contributed by atoms with Crippen LogP contribution >= 0.6 is 21.7 Å². The minimum absolute atomic E-state index is 0.0576. The summed E-state index contributed by atoms with van der Waals surface area (Å²) in [6.07, 6.45) is -0.654. The highest BCUT2D eigenvalue weighted by atomic mass is 36.5.